The fourth-order valence-electron chi connectivity index (χ4n) is 2.72. The van der Waals surface area contributed by atoms with Crippen LogP contribution >= 0.6 is 0 Å². The number of rotatable bonds is 14. The van der Waals surface area contributed by atoms with Crippen LogP contribution in [0.15, 0.2) is 36.9 Å². The molecular formula is C22H31NO5. The Balaban J connectivity index is 2.34. The first-order chi connectivity index (χ1) is 13.5. The predicted molar refractivity (Wildman–Crippen MR) is 108 cm³/mol. The van der Waals surface area contributed by atoms with E-state index in [1.165, 1.54) is 11.6 Å². The Morgan fingerprint density at radius 2 is 1.82 bits per heavy atom. The van der Waals surface area contributed by atoms with Gasteiger partial charge >= 0.3 is 11.9 Å². The summed E-state index contributed by atoms with van der Waals surface area (Å²) >= 11 is 0. The molecule has 2 N–H and O–H groups in total. The van der Waals surface area contributed by atoms with Crippen molar-refractivity contribution in [1.82, 2.24) is 5.32 Å². The number of aryl methyl sites for hydroxylation is 1. The largest absolute Gasteiger partial charge is 0.481 e. The molecule has 0 aliphatic carbocycles. The molecule has 1 amide bonds. The van der Waals surface area contributed by atoms with Gasteiger partial charge in [-0.3, -0.25) is 14.4 Å². The van der Waals surface area contributed by atoms with E-state index in [2.05, 4.69) is 18.8 Å². The van der Waals surface area contributed by atoms with E-state index in [0.29, 0.717) is 25.8 Å². The summed E-state index contributed by atoms with van der Waals surface area (Å²) in [7, 11) is 0. The SMILES string of the molecule is C=CC(=O)NCCCC[C@H](CC(=O)OCc1ccc(CCCC)cc1)C(=O)O. The summed E-state index contributed by atoms with van der Waals surface area (Å²) < 4.78 is 5.23. The van der Waals surface area contributed by atoms with Gasteiger partial charge in [-0.25, -0.2) is 0 Å². The molecule has 0 radical (unpaired) electrons. The predicted octanol–water partition coefficient (Wildman–Crippen LogP) is 3.64. The lowest BCUT2D eigenvalue weighted by Crippen LogP contribution is -2.23. The van der Waals surface area contributed by atoms with Crippen LogP contribution in [-0.2, 0) is 32.1 Å². The zero-order chi connectivity index (χ0) is 20.8. The van der Waals surface area contributed by atoms with Crippen LogP contribution in [0.4, 0.5) is 0 Å². The van der Waals surface area contributed by atoms with Crippen molar-refractivity contribution in [3.63, 3.8) is 0 Å². The van der Waals surface area contributed by atoms with Crippen molar-refractivity contribution >= 4 is 17.8 Å². The van der Waals surface area contributed by atoms with Crippen LogP contribution in [0.3, 0.4) is 0 Å². The highest BCUT2D eigenvalue weighted by Gasteiger charge is 2.21. The number of amides is 1. The van der Waals surface area contributed by atoms with Gasteiger partial charge in [0, 0.05) is 6.54 Å². The minimum atomic E-state index is -1.01. The number of carboxylic acids is 1. The average molecular weight is 389 g/mol. The maximum absolute atomic E-state index is 12.0. The zero-order valence-electron chi connectivity index (χ0n) is 16.6. The van der Waals surface area contributed by atoms with E-state index in [0.717, 1.165) is 24.8 Å². The molecule has 1 atom stereocenters. The molecule has 0 aliphatic rings. The molecule has 6 nitrogen and oxygen atoms in total. The number of hydrogen-bond donors (Lipinski definition) is 2. The highest BCUT2D eigenvalue weighted by atomic mass is 16.5. The van der Waals surface area contributed by atoms with Crippen LogP contribution < -0.4 is 5.32 Å². The van der Waals surface area contributed by atoms with Crippen LogP contribution in [0, 0.1) is 5.92 Å². The van der Waals surface area contributed by atoms with Crippen molar-refractivity contribution in [3.05, 3.63) is 48.0 Å². The van der Waals surface area contributed by atoms with Crippen LogP contribution in [0.25, 0.3) is 0 Å². The first-order valence-corrected chi connectivity index (χ1v) is 9.82. The molecule has 6 heteroatoms. The highest BCUT2D eigenvalue weighted by molar-refractivity contribution is 5.86. The molecule has 0 bridgehead atoms. The summed E-state index contributed by atoms with van der Waals surface area (Å²) in [5, 5.41) is 11.9. The van der Waals surface area contributed by atoms with Crippen molar-refractivity contribution in [1.29, 1.82) is 0 Å². The maximum Gasteiger partial charge on any atom is 0.307 e. The molecular weight excluding hydrogens is 358 g/mol. The van der Waals surface area contributed by atoms with Gasteiger partial charge in [-0.05, 0) is 42.9 Å². The lowest BCUT2D eigenvalue weighted by Gasteiger charge is -2.12. The molecule has 0 aliphatic heterocycles. The molecule has 1 aromatic carbocycles. The number of carbonyl (C=O) groups excluding carboxylic acids is 2. The number of esters is 1. The Morgan fingerprint density at radius 1 is 1.14 bits per heavy atom. The van der Waals surface area contributed by atoms with Gasteiger partial charge < -0.3 is 15.2 Å². The van der Waals surface area contributed by atoms with Crippen molar-refractivity contribution in [3.8, 4) is 0 Å². The molecule has 0 fully saturated rings. The molecule has 1 aromatic rings. The van der Waals surface area contributed by atoms with E-state index in [-0.39, 0.29) is 18.9 Å². The topological polar surface area (TPSA) is 92.7 Å². The lowest BCUT2D eigenvalue weighted by molar-refractivity contribution is -0.152. The van der Waals surface area contributed by atoms with Gasteiger partial charge in [-0.1, -0.05) is 50.6 Å². The summed E-state index contributed by atoms with van der Waals surface area (Å²) in [4.78, 5) is 34.4. The monoisotopic (exact) mass is 389 g/mol. The van der Waals surface area contributed by atoms with Gasteiger partial charge in [0.05, 0.1) is 12.3 Å². The number of benzene rings is 1. The van der Waals surface area contributed by atoms with Crippen LogP contribution in [-0.4, -0.2) is 29.5 Å². The second-order valence-electron chi connectivity index (χ2n) is 6.81. The third-order valence-electron chi connectivity index (χ3n) is 4.47. The quantitative estimate of drug-likeness (QED) is 0.288. The minimum Gasteiger partial charge on any atom is -0.481 e. The molecule has 28 heavy (non-hydrogen) atoms. The molecule has 154 valence electrons. The number of carbonyl (C=O) groups is 3. The number of carboxylic acid groups (broad SMARTS) is 1. The number of unbranched alkanes of at least 4 members (excludes halogenated alkanes) is 2. The fourth-order valence-corrected chi connectivity index (χ4v) is 2.72. The number of nitrogens with one attached hydrogen (secondary N) is 1. The molecule has 0 spiro atoms. The van der Waals surface area contributed by atoms with Gasteiger partial charge in [-0.15, -0.1) is 0 Å². The molecule has 0 saturated carbocycles. The molecule has 1 rings (SSSR count). The normalized spacial score (nSPS) is 11.5. The van der Waals surface area contributed by atoms with Gasteiger partial charge in [0.15, 0.2) is 0 Å². The van der Waals surface area contributed by atoms with Gasteiger partial charge in [0.2, 0.25) is 5.91 Å². The van der Waals surface area contributed by atoms with Crippen LogP contribution in [0.5, 0.6) is 0 Å². The lowest BCUT2D eigenvalue weighted by atomic mass is 9.98. The van der Waals surface area contributed by atoms with Crippen molar-refractivity contribution in [2.24, 2.45) is 5.92 Å². The average Bonchev–Trinajstić information content (AvgIpc) is 2.69. The van der Waals surface area contributed by atoms with Crippen molar-refractivity contribution < 1.29 is 24.2 Å². The van der Waals surface area contributed by atoms with Crippen LogP contribution in [0.2, 0.25) is 0 Å². The first kappa shape index (κ1) is 23.4. The Bertz CT molecular complexity index is 639. The Labute approximate surface area is 167 Å². The van der Waals surface area contributed by atoms with E-state index >= 15 is 0 Å². The van der Waals surface area contributed by atoms with E-state index in [1.54, 1.807) is 0 Å². The van der Waals surface area contributed by atoms with Crippen LogP contribution in [0.1, 0.15) is 56.6 Å². The smallest absolute Gasteiger partial charge is 0.307 e. The summed E-state index contributed by atoms with van der Waals surface area (Å²) in [6.07, 6.45) is 5.97. The Kier molecular flexibility index (Phi) is 11.3. The molecule has 0 heterocycles. The van der Waals surface area contributed by atoms with Gasteiger partial charge in [0.25, 0.3) is 0 Å². The number of aliphatic carboxylic acids is 1. The maximum atomic E-state index is 12.0. The van der Waals surface area contributed by atoms with E-state index < -0.39 is 17.9 Å². The second-order valence-corrected chi connectivity index (χ2v) is 6.81. The van der Waals surface area contributed by atoms with Gasteiger partial charge in [-0.2, -0.15) is 0 Å². The molecule has 0 aromatic heterocycles. The first-order valence-electron chi connectivity index (χ1n) is 9.82. The molecule has 0 saturated heterocycles. The van der Waals surface area contributed by atoms with Crippen molar-refractivity contribution in [2.45, 2.75) is 58.5 Å². The Morgan fingerprint density at radius 3 is 2.43 bits per heavy atom. The highest BCUT2D eigenvalue weighted by Crippen LogP contribution is 2.15. The van der Waals surface area contributed by atoms with Crippen molar-refractivity contribution in [2.75, 3.05) is 6.54 Å². The summed E-state index contributed by atoms with van der Waals surface area (Å²) in [5.74, 6) is -2.55. The van der Waals surface area contributed by atoms with E-state index in [9.17, 15) is 19.5 Å². The standard InChI is InChI=1S/C22H31NO5/c1-3-5-8-17-10-12-18(13-11-17)16-28-21(25)15-19(22(26)27)9-6-7-14-23-20(24)4-2/h4,10-13,19H,2-3,5-9,14-16H2,1H3,(H,23,24)(H,26,27)/t19-/m1/s1. The zero-order valence-corrected chi connectivity index (χ0v) is 16.6. The summed E-state index contributed by atoms with van der Waals surface area (Å²) in [6.45, 7) is 6.11. The van der Waals surface area contributed by atoms with E-state index in [1.807, 2.05) is 24.3 Å². The summed E-state index contributed by atoms with van der Waals surface area (Å²) in [5.41, 5.74) is 2.14. The Hall–Kier alpha value is -2.63. The number of hydrogen-bond acceptors (Lipinski definition) is 4. The number of ether oxygens (including phenoxy) is 1. The molecule has 0 unspecified atom stereocenters. The third kappa shape index (κ3) is 9.90. The fraction of sp³-hybridized carbons (Fsp3) is 0.500. The minimum absolute atomic E-state index is 0.146. The van der Waals surface area contributed by atoms with Gasteiger partial charge in [0.1, 0.15) is 6.61 Å². The third-order valence-corrected chi connectivity index (χ3v) is 4.47. The van der Waals surface area contributed by atoms with E-state index in [4.69, 9.17) is 4.74 Å². The second kappa shape index (κ2) is 13.5. The summed E-state index contributed by atoms with van der Waals surface area (Å²) in [6, 6.07) is 7.93.